The second kappa shape index (κ2) is 5.56. The van der Waals surface area contributed by atoms with Crippen LogP contribution in [0.4, 0.5) is 26.3 Å². The van der Waals surface area contributed by atoms with Gasteiger partial charge < -0.3 is 5.11 Å². The maximum absolute atomic E-state index is 13.6. The molecule has 0 spiro atoms. The highest BCUT2D eigenvalue weighted by Crippen LogP contribution is 2.48. The van der Waals surface area contributed by atoms with Gasteiger partial charge in [-0.3, -0.25) is 0 Å². The average Bonchev–Trinajstić information content (AvgIpc) is 2.45. The van der Waals surface area contributed by atoms with Crippen molar-refractivity contribution in [3.63, 3.8) is 0 Å². The molecule has 2 rings (SSSR count). The van der Waals surface area contributed by atoms with Gasteiger partial charge in [-0.25, -0.2) is 0 Å². The number of halogens is 6. The van der Waals surface area contributed by atoms with Crippen molar-refractivity contribution in [3.8, 4) is 0 Å². The fourth-order valence-corrected chi connectivity index (χ4v) is 2.48. The van der Waals surface area contributed by atoms with Crippen LogP contribution >= 0.6 is 0 Å². The normalized spacial score (nSPS) is 15.3. The molecule has 1 atom stereocenters. The Bertz CT molecular complexity index is 704. The van der Waals surface area contributed by atoms with Gasteiger partial charge in [-0.05, 0) is 18.6 Å². The van der Waals surface area contributed by atoms with Crippen LogP contribution in [0.5, 0.6) is 0 Å². The summed E-state index contributed by atoms with van der Waals surface area (Å²) in [6, 6.07) is 8.09. The minimum atomic E-state index is -5.33. The molecule has 0 saturated heterocycles. The van der Waals surface area contributed by atoms with Crippen LogP contribution < -0.4 is 0 Å². The Labute approximate surface area is 128 Å². The summed E-state index contributed by atoms with van der Waals surface area (Å²) >= 11 is 0. The zero-order valence-electron chi connectivity index (χ0n) is 11.8. The van der Waals surface area contributed by atoms with E-state index in [2.05, 4.69) is 0 Å². The van der Waals surface area contributed by atoms with Crippen molar-refractivity contribution in [2.75, 3.05) is 0 Å². The number of aliphatic hydroxyl groups is 1. The van der Waals surface area contributed by atoms with Gasteiger partial charge in [0.25, 0.3) is 0 Å². The average molecular weight is 334 g/mol. The Balaban J connectivity index is 2.85. The minimum Gasteiger partial charge on any atom is -0.372 e. The van der Waals surface area contributed by atoms with Gasteiger partial charge in [-0.15, -0.1) is 0 Å². The van der Waals surface area contributed by atoms with E-state index in [1.54, 1.807) is 0 Å². The molecule has 1 N–H and O–H groups in total. The van der Waals surface area contributed by atoms with Gasteiger partial charge in [-0.2, -0.15) is 26.3 Å². The Morgan fingerprint density at radius 3 is 1.57 bits per heavy atom. The Kier molecular flexibility index (Phi) is 4.19. The van der Waals surface area contributed by atoms with Gasteiger partial charge >= 0.3 is 12.4 Å². The summed E-state index contributed by atoms with van der Waals surface area (Å²) in [5.41, 5.74) is -7.13. The quantitative estimate of drug-likeness (QED) is 0.781. The highest BCUT2D eigenvalue weighted by molar-refractivity contribution is 5.46. The van der Waals surface area contributed by atoms with E-state index in [1.165, 1.54) is 25.1 Å². The van der Waals surface area contributed by atoms with Crippen molar-refractivity contribution in [1.29, 1.82) is 0 Å². The first-order valence-electron chi connectivity index (χ1n) is 6.51. The summed E-state index contributed by atoms with van der Waals surface area (Å²) in [6.07, 6.45) is -10.4. The first-order chi connectivity index (χ1) is 10.5. The van der Waals surface area contributed by atoms with E-state index in [9.17, 15) is 31.4 Å². The summed E-state index contributed by atoms with van der Waals surface area (Å²) in [5, 5.41) is 10.4. The van der Waals surface area contributed by atoms with E-state index >= 15 is 0 Å². The highest BCUT2D eigenvalue weighted by Gasteiger charge is 2.59. The predicted octanol–water partition coefficient (Wildman–Crippen LogP) is 4.81. The Morgan fingerprint density at radius 1 is 0.696 bits per heavy atom. The lowest BCUT2D eigenvalue weighted by molar-refractivity contribution is -0.250. The molecule has 0 heterocycles. The van der Waals surface area contributed by atoms with Crippen LogP contribution in [0.3, 0.4) is 0 Å². The monoisotopic (exact) mass is 334 g/mol. The van der Waals surface area contributed by atoms with Gasteiger partial charge in [0.15, 0.2) is 0 Å². The van der Waals surface area contributed by atoms with Crippen LogP contribution in [-0.2, 0) is 11.8 Å². The number of rotatable bonds is 2. The molecular formula is C16H12F6O. The van der Waals surface area contributed by atoms with E-state index in [0.717, 1.165) is 18.2 Å². The molecule has 2 aromatic carbocycles. The summed E-state index contributed by atoms with van der Waals surface area (Å²) < 4.78 is 80.1. The molecule has 1 nitrogen and oxygen atoms in total. The maximum atomic E-state index is 13.6. The second-order valence-corrected chi connectivity index (χ2v) is 5.07. The molecule has 1 unspecified atom stereocenters. The molecular weight excluding hydrogens is 322 g/mol. The molecule has 23 heavy (non-hydrogen) atoms. The van der Waals surface area contributed by atoms with Crippen LogP contribution in [0.25, 0.3) is 0 Å². The van der Waals surface area contributed by atoms with Crippen LogP contribution in [0.15, 0.2) is 48.5 Å². The van der Waals surface area contributed by atoms with Crippen LogP contribution in [-0.4, -0.2) is 11.3 Å². The lowest BCUT2D eigenvalue weighted by Crippen LogP contribution is -2.45. The van der Waals surface area contributed by atoms with E-state index < -0.39 is 34.6 Å². The van der Waals surface area contributed by atoms with Gasteiger partial charge in [0.05, 0.1) is 5.56 Å². The first-order valence-corrected chi connectivity index (χ1v) is 6.51. The largest absolute Gasteiger partial charge is 0.425 e. The van der Waals surface area contributed by atoms with Crippen LogP contribution in [0, 0.1) is 6.92 Å². The van der Waals surface area contributed by atoms with Gasteiger partial charge in [-0.1, -0.05) is 42.5 Å². The van der Waals surface area contributed by atoms with Crippen molar-refractivity contribution >= 4 is 0 Å². The maximum Gasteiger partial charge on any atom is 0.425 e. The topological polar surface area (TPSA) is 20.2 Å². The van der Waals surface area contributed by atoms with E-state index in [4.69, 9.17) is 0 Å². The standard InChI is InChI=1S/C16H12F6O/c1-10-6-2-3-7-11(10)14(23,16(20,21)22)12-8-4-5-9-13(12)15(17,18)19/h2-9,23H,1H3. The second-order valence-electron chi connectivity index (χ2n) is 5.07. The number of hydrogen-bond donors (Lipinski definition) is 1. The predicted molar refractivity (Wildman–Crippen MR) is 71.7 cm³/mol. The molecule has 2 aromatic rings. The third-order valence-electron chi connectivity index (χ3n) is 3.57. The zero-order chi connectivity index (χ0) is 17.5. The van der Waals surface area contributed by atoms with E-state index in [-0.39, 0.29) is 5.56 Å². The number of aryl methyl sites for hydroxylation is 1. The highest BCUT2D eigenvalue weighted by atomic mass is 19.4. The summed E-state index contributed by atoms with van der Waals surface area (Å²) in [7, 11) is 0. The van der Waals surface area contributed by atoms with Crippen molar-refractivity contribution in [2.45, 2.75) is 24.9 Å². The number of benzene rings is 2. The van der Waals surface area contributed by atoms with Crippen molar-refractivity contribution in [3.05, 3.63) is 70.8 Å². The van der Waals surface area contributed by atoms with Gasteiger partial charge in [0.2, 0.25) is 5.60 Å². The first kappa shape index (κ1) is 17.3. The molecule has 0 bridgehead atoms. The molecule has 124 valence electrons. The summed E-state index contributed by atoms with van der Waals surface area (Å²) in [4.78, 5) is 0. The van der Waals surface area contributed by atoms with Crippen LogP contribution in [0.1, 0.15) is 22.3 Å². The van der Waals surface area contributed by atoms with Crippen LogP contribution in [0.2, 0.25) is 0 Å². The molecule has 0 aromatic heterocycles. The smallest absolute Gasteiger partial charge is 0.372 e. The van der Waals surface area contributed by atoms with Crippen molar-refractivity contribution in [1.82, 2.24) is 0 Å². The van der Waals surface area contributed by atoms with Crippen molar-refractivity contribution < 1.29 is 31.4 Å². The molecule has 0 saturated carbocycles. The number of hydrogen-bond acceptors (Lipinski definition) is 1. The number of alkyl halides is 6. The van der Waals surface area contributed by atoms with Crippen molar-refractivity contribution in [2.24, 2.45) is 0 Å². The molecule has 7 heteroatoms. The Hall–Kier alpha value is -2.02. The molecule has 0 aliphatic carbocycles. The minimum absolute atomic E-state index is 0.0318. The van der Waals surface area contributed by atoms with Gasteiger partial charge in [0, 0.05) is 11.1 Å². The fourth-order valence-electron chi connectivity index (χ4n) is 2.48. The SMILES string of the molecule is Cc1ccccc1C(O)(c1ccccc1C(F)(F)F)C(F)(F)F. The summed E-state index contributed by atoms with van der Waals surface area (Å²) in [6.45, 7) is 1.29. The molecule has 0 fully saturated rings. The third kappa shape index (κ3) is 2.93. The lowest BCUT2D eigenvalue weighted by Gasteiger charge is -2.34. The molecule has 0 amide bonds. The van der Waals surface area contributed by atoms with E-state index in [1.807, 2.05) is 0 Å². The summed E-state index contributed by atoms with van der Waals surface area (Å²) in [5.74, 6) is 0. The zero-order valence-corrected chi connectivity index (χ0v) is 11.8. The lowest BCUT2D eigenvalue weighted by atomic mass is 9.81. The Morgan fingerprint density at radius 2 is 1.13 bits per heavy atom. The molecule has 0 aliphatic heterocycles. The van der Waals surface area contributed by atoms with E-state index in [0.29, 0.717) is 12.1 Å². The fraction of sp³-hybridized carbons (Fsp3) is 0.250. The third-order valence-corrected chi connectivity index (χ3v) is 3.57. The van der Waals surface area contributed by atoms with Gasteiger partial charge in [0.1, 0.15) is 0 Å². The molecule has 0 aliphatic rings. The molecule has 0 radical (unpaired) electrons.